The lowest BCUT2D eigenvalue weighted by Crippen LogP contribution is -2.24. The van der Waals surface area contributed by atoms with Crippen LogP contribution in [-0.4, -0.2) is 31.7 Å². The number of hydrogen-bond acceptors (Lipinski definition) is 4. The molecular weight excluding hydrogens is 226 g/mol. The molecule has 0 fully saturated rings. The lowest BCUT2D eigenvalue weighted by Gasteiger charge is -2.16. The highest BCUT2D eigenvalue weighted by Crippen LogP contribution is 2.19. The molecule has 0 atom stereocenters. The second-order valence-electron chi connectivity index (χ2n) is 3.46. The Kier molecular flexibility index (Phi) is 2.51. The van der Waals surface area contributed by atoms with Gasteiger partial charge in [-0.3, -0.25) is 14.3 Å². The first kappa shape index (κ1) is 10.8. The minimum atomic E-state index is -3.24. The van der Waals surface area contributed by atoms with Gasteiger partial charge in [0.05, 0.1) is 23.0 Å². The van der Waals surface area contributed by atoms with Gasteiger partial charge in [0.25, 0.3) is 0 Å². The molecule has 0 N–H and O–H groups in total. The molecule has 0 saturated heterocycles. The molecule has 84 valence electrons. The topological polar surface area (TPSA) is 63.2 Å². The summed E-state index contributed by atoms with van der Waals surface area (Å²) in [5, 5.41) is 0. The van der Waals surface area contributed by atoms with Gasteiger partial charge in [0.15, 0.2) is 0 Å². The molecule has 1 aromatic heterocycles. The van der Waals surface area contributed by atoms with Crippen molar-refractivity contribution in [2.24, 2.45) is 0 Å². The smallest absolute Gasteiger partial charge is 0.231 e. The van der Waals surface area contributed by atoms with Crippen LogP contribution in [0.4, 0.5) is 5.69 Å². The van der Waals surface area contributed by atoms with Crippen LogP contribution in [0.3, 0.4) is 0 Å². The molecule has 2 rings (SSSR count). The normalized spacial score (nSPS) is 11.6. The summed E-state index contributed by atoms with van der Waals surface area (Å²) < 4.78 is 23.9. The summed E-state index contributed by atoms with van der Waals surface area (Å²) in [5.74, 6) is 0. The summed E-state index contributed by atoms with van der Waals surface area (Å²) in [6, 6.07) is 5.15. The van der Waals surface area contributed by atoms with Crippen LogP contribution in [0.15, 0.2) is 30.6 Å². The molecule has 0 aliphatic rings. The zero-order valence-electron chi connectivity index (χ0n) is 8.95. The van der Waals surface area contributed by atoms with Crippen molar-refractivity contribution in [2.45, 2.75) is 0 Å². The van der Waals surface area contributed by atoms with E-state index in [1.54, 1.807) is 30.6 Å². The summed E-state index contributed by atoms with van der Waals surface area (Å²) in [4.78, 5) is 8.24. The van der Waals surface area contributed by atoms with E-state index in [2.05, 4.69) is 9.97 Å². The Bertz CT molecular complexity index is 625. The lowest BCUT2D eigenvalue weighted by atomic mass is 10.2. The molecule has 6 heteroatoms. The molecule has 5 nitrogen and oxygen atoms in total. The molecule has 16 heavy (non-hydrogen) atoms. The van der Waals surface area contributed by atoms with Crippen LogP contribution in [0, 0.1) is 0 Å². The number of rotatable bonds is 2. The first-order valence-corrected chi connectivity index (χ1v) is 6.48. The number of hydrogen-bond donors (Lipinski definition) is 0. The van der Waals surface area contributed by atoms with Crippen molar-refractivity contribution in [1.29, 1.82) is 0 Å². The van der Waals surface area contributed by atoms with Gasteiger partial charge in [-0.1, -0.05) is 0 Å². The maximum Gasteiger partial charge on any atom is 0.231 e. The van der Waals surface area contributed by atoms with E-state index in [0.717, 1.165) is 11.8 Å². The van der Waals surface area contributed by atoms with Gasteiger partial charge in [-0.25, -0.2) is 8.42 Å². The minimum Gasteiger partial charge on any atom is -0.273 e. The quantitative estimate of drug-likeness (QED) is 0.782. The third kappa shape index (κ3) is 1.96. The maximum atomic E-state index is 11.4. The van der Waals surface area contributed by atoms with Crippen LogP contribution in [0.1, 0.15) is 0 Å². The molecule has 0 saturated carbocycles. The number of sulfonamides is 1. The second-order valence-corrected chi connectivity index (χ2v) is 5.47. The average molecular weight is 237 g/mol. The van der Waals surface area contributed by atoms with Gasteiger partial charge in [-0.15, -0.1) is 0 Å². The first-order valence-electron chi connectivity index (χ1n) is 4.63. The molecule has 1 heterocycles. The largest absolute Gasteiger partial charge is 0.273 e. The monoisotopic (exact) mass is 237 g/mol. The van der Waals surface area contributed by atoms with Gasteiger partial charge in [0.2, 0.25) is 10.0 Å². The van der Waals surface area contributed by atoms with Crippen molar-refractivity contribution in [1.82, 2.24) is 9.97 Å². The highest BCUT2D eigenvalue weighted by molar-refractivity contribution is 7.92. The van der Waals surface area contributed by atoms with Crippen LogP contribution in [0.2, 0.25) is 0 Å². The van der Waals surface area contributed by atoms with Crippen LogP contribution in [0.25, 0.3) is 11.0 Å². The van der Waals surface area contributed by atoms with Crippen LogP contribution < -0.4 is 4.31 Å². The SMILES string of the molecule is CN(c1ccc2nccnc2c1)S(C)(=O)=O. The second kappa shape index (κ2) is 3.71. The summed E-state index contributed by atoms with van der Waals surface area (Å²) in [6.07, 6.45) is 4.34. The molecule has 1 aromatic carbocycles. The Hall–Kier alpha value is -1.69. The van der Waals surface area contributed by atoms with E-state index in [1.165, 1.54) is 11.4 Å². The van der Waals surface area contributed by atoms with E-state index >= 15 is 0 Å². The zero-order valence-corrected chi connectivity index (χ0v) is 9.77. The Morgan fingerprint density at radius 1 is 1.12 bits per heavy atom. The standard InChI is InChI=1S/C10H11N3O2S/c1-13(16(2,14)15)8-3-4-9-10(7-8)12-6-5-11-9/h3-7H,1-2H3. The van der Waals surface area contributed by atoms with E-state index in [4.69, 9.17) is 0 Å². The van der Waals surface area contributed by atoms with E-state index in [9.17, 15) is 8.42 Å². The Morgan fingerprint density at radius 3 is 2.38 bits per heavy atom. The van der Waals surface area contributed by atoms with Gasteiger partial charge in [0, 0.05) is 19.4 Å². The van der Waals surface area contributed by atoms with Gasteiger partial charge >= 0.3 is 0 Å². The Morgan fingerprint density at radius 2 is 1.75 bits per heavy atom. The highest BCUT2D eigenvalue weighted by Gasteiger charge is 2.12. The predicted octanol–water partition coefficient (Wildman–Crippen LogP) is 1.03. The third-order valence-corrected chi connectivity index (χ3v) is 3.52. The maximum absolute atomic E-state index is 11.4. The first-order chi connectivity index (χ1) is 7.48. The number of fused-ring (bicyclic) bond motifs is 1. The van der Waals surface area contributed by atoms with E-state index < -0.39 is 10.0 Å². The highest BCUT2D eigenvalue weighted by atomic mass is 32.2. The summed E-state index contributed by atoms with van der Waals surface area (Å²) in [7, 11) is -1.73. The van der Waals surface area contributed by atoms with Gasteiger partial charge in [-0.05, 0) is 18.2 Å². The van der Waals surface area contributed by atoms with Crippen LogP contribution in [0.5, 0.6) is 0 Å². The van der Waals surface area contributed by atoms with Crippen molar-refractivity contribution in [2.75, 3.05) is 17.6 Å². The summed E-state index contributed by atoms with van der Waals surface area (Å²) >= 11 is 0. The fourth-order valence-electron chi connectivity index (χ4n) is 1.34. The Balaban J connectivity index is 2.55. The lowest BCUT2D eigenvalue weighted by molar-refractivity contribution is 0.600. The van der Waals surface area contributed by atoms with Crippen molar-refractivity contribution >= 4 is 26.7 Å². The van der Waals surface area contributed by atoms with E-state index in [0.29, 0.717) is 11.2 Å². The minimum absolute atomic E-state index is 0.579. The van der Waals surface area contributed by atoms with Gasteiger partial charge in [0.1, 0.15) is 0 Å². The van der Waals surface area contributed by atoms with Crippen molar-refractivity contribution in [3.63, 3.8) is 0 Å². The molecule has 0 aliphatic heterocycles. The molecule has 0 radical (unpaired) electrons. The zero-order chi connectivity index (χ0) is 11.8. The number of nitrogens with zero attached hydrogens (tertiary/aromatic N) is 3. The number of aromatic nitrogens is 2. The van der Waals surface area contributed by atoms with Gasteiger partial charge < -0.3 is 0 Å². The average Bonchev–Trinajstić information content (AvgIpc) is 2.26. The number of anilines is 1. The molecular formula is C10H11N3O2S. The molecule has 0 spiro atoms. The van der Waals surface area contributed by atoms with Gasteiger partial charge in [-0.2, -0.15) is 0 Å². The Labute approximate surface area is 93.8 Å². The fourth-order valence-corrected chi connectivity index (χ4v) is 1.84. The van der Waals surface area contributed by atoms with Crippen LogP contribution >= 0.6 is 0 Å². The molecule has 0 aliphatic carbocycles. The third-order valence-electron chi connectivity index (χ3n) is 2.31. The van der Waals surface area contributed by atoms with E-state index in [1.807, 2.05) is 0 Å². The molecule has 0 bridgehead atoms. The molecule has 2 aromatic rings. The van der Waals surface area contributed by atoms with Crippen molar-refractivity contribution in [3.8, 4) is 0 Å². The predicted molar refractivity (Wildman–Crippen MR) is 62.8 cm³/mol. The summed E-state index contributed by atoms with van der Waals surface area (Å²) in [6.45, 7) is 0. The molecule has 0 unspecified atom stereocenters. The van der Waals surface area contributed by atoms with E-state index in [-0.39, 0.29) is 0 Å². The number of benzene rings is 1. The molecule has 0 amide bonds. The van der Waals surface area contributed by atoms with Crippen LogP contribution in [-0.2, 0) is 10.0 Å². The summed E-state index contributed by atoms with van der Waals surface area (Å²) in [5.41, 5.74) is 2.00. The van der Waals surface area contributed by atoms with Crippen molar-refractivity contribution < 1.29 is 8.42 Å². The van der Waals surface area contributed by atoms with Crippen molar-refractivity contribution in [3.05, 3.63) is 30.6 Å². The fraction of sp³-hybridized carbons (Fsp3) is 0.200.